The highest BCUT2D eigenvalue weighted by Gasteiger charge is 2.23. The van der Waals surface area contributed by atoms with Crippen molar-refractivity contribution in [3.8, 4) is 11.3 Å². The summed E-state index contributed by atoms with van der Waals surface area (Å²) in [7, 11) is 42.0. The molecule has 0 saturated carbocycles. The van der Waals surface area contributed by atoms with E-state index in [4.69, 9.17) is 54.9 Å². The second kappa shape index (κ2) is 7.53. The standard InChI is InChI=1S/C21H16B7N/c1-10(2)12-4-5-15-13(6-12)7-18(22)29-19(15)16-8-14(20(23,24)25)9-17(11(16)3)21(26,27)28/h4-10H,1-3H3. The maximum absolute atomic E-state index is 6.13. The van der Waals surface area contributed by atoms with Crippen LogP contribution in [0.15, 0.2) is 36.4 Å². The monoisotopic (exact) mass is 359 g/mol. The maximum Gasteiger partial charge on any atom is 0.141 e. The summed E-state index contributed by atoms with van der Waals surface area (Å²) >= 11 is 0. The molecule has 0 bridgehead atoms. The van der Waals surface area contributed by atoms with Crippen LogP contribution in [-0.4, -0.2) is 59.9 Å². The van der Waals surface area contributed by atoms with Gasteiger partial charge in [0, 0.05) is 10.9 Å². The van der Waals surface area contributed by atoms with Crippen molar-refractivity contribution in [3.05, 3.63) is 58.7 Å². The van der Waals surface area contributed by atoms with Crippen molar-refractivity contribution in [2.24, 2.45) is 0 Å². The van der Waals surface area contributed by atoms with Crippen molar-refractivity contribution in [2.75, 3.05) is 0 Å². The molecule has 0 aliphatic carbocycles. The normalized spacial score (nSPS) is 12.6. The first-order valence-corrected chi connectivity index (χ1v) is 9.38. The lowest BCUT2D eigenvalue weighted by Gasteiger charge is -2.30. The molecule has 29 heavy (non-hydrogen) atoms. The van der Waals surface area contributed by atoms with Crippen molar-refractivity contribution >= 4 is 71.3 Å². The molecule has 126 valence electrons. The van der Waals surface area contributed by atoms with Gasteiger partial charge in [-0.15, -0.1) is 10.2 Å². The molecule has 0 aliphatic rings. The second-order valence-corrected chi connectivity index (χ2v) is 8.09. The molecule has 1 heterocycles. The van der Waals surface area contributed by atoms with E-state index in [2.05, 4.69) is 31.0 Å². The zero-order valence-electron chi connectivity index (χ0n) is 17.0. The molecule has 0 aliphatic heterocycles. The molecule has 1 nitrogen and oxygen atoms in total. The third-order valence-corrected chi connectivity index (χ3v) is 5.17. The lowest BCUT2D eigenvalue weighted by atomic mass is 9.37. The predicted octanol–water partition coefficient (Wildman–Crippen LogP) is 1.36. The van der Waals surface area contributed by atoms with Crippen LogP contribution < -0.4 is 5.59 Å². The van der Waals surface area contributed by atoms with Gasteiger partial charge in [-0.1, -0.05) is 55.3 Å². The van der Waals surface area contributed by atoms with Crippen LogP contribution in [0.2, 0.25) is 0 Å². The van der Waals surface area contributed by atoms with Gasteiger partial charge in [-0.2, -0.15) is 0 Å². The van der Waals surface area contributed by atoms with E-state index in [-0.39, 0.29) is 0 Å². The largest absolute Gasteiger partial charge is 0.264 e. The fraction of sp³-hybridized carbons (Fsp3) is 0.286. The smallest absolute Gasteiger partial charge is 0.141 e. The van der Waals surface area contributed by atoms with E-state index in [9.17, 15) is 0 Å². The van der Waals surface area contributed by atoms with Gasteiger partial charge in [0.05, 0.1) is 52.8 Å². The molecule has 3 rings (SSSR count). The number of hydrogen-bond acceptors (Lipinski definition) is 1. The van der Waals surface area contributed by atoms with E-state index in [1.54, 1.807) is 12.1 Å². The molecule has 0 atom stereocenters. The summed E-state index contributed by atoms with van der Waals surface area (Å²) in [5.74, 6) is 0.383. The summed E-state index contributed by atoms with van der Waals surface area (Å²) in [6.45, 7) is 6.14. The zero-order valence-corrected chi connectivity index (χ0v) is 17.0. The van der Waals surface area contributed by atoms with Gasteiger partial charge in [0.1, 0.15) is 7.85 Å². The lowest BCUT2D eigenvalue weighted by molar-refractivity contribution is 0.869. The molecule has 3 aromatic rings. The van der Waals surface area contributed by atoms with Crippen LogP contribution in [0, 0.1) is 6.92 Å². The fourth-order valence-corrected chi connectivity index (χ4v) is 3.52. The molecule has 2 aromatic carbocycles. The number of nitrogens with zero attached hydrogens (tertiary/aromatic N) is 1. The number of rotatable bonds is 4. The summed E-state index contributed by atoms with van der Waals surface area (Å²) in [6, 6.07) is 11.5. The van der Waals surface area contributed by atoms with Crippen LogP contribution in [-0.2, 0) is 10.2 Å². The first-order chi connectivity index (χ1) is 13.3. The van der Waals surface area contributed by atoms with Crippen molar-refractivity contribution in [1.82, 2.24) is 4.98 Å². The Kier molecular flexibility index (Phi) is 5.71. The molecule has 0 unspecified atom stereocenters. The molecular weight excluding hydrogens is 342 g/mol. The summed E-state index contributed by atoms with van der Waals surface area (Å²) in [6.07, 6.45) is 0. The molecule has 0 amide bonds. The third kappa shape index (κ3) is 4.42. The molecule has 1 aromatic heterocycles. The van der Waals surface area contributed by atoms with Gasteiger partial charge in [-0.3, -0.25) is 4.98 Å². The minimum Gasteiger partial charge on any atom is -0.264 e. The predicted molar refractivity (Wildman–Crippen MR) is 129 cm³/mol. The molecule has 14 radical (unpaired) electrons. The highest BCUT2D eigenvalue weighted by molar-refractivity contribution is 6.60. The molecule has 8 heteroatoms. The van der Waals surface area contributed by atoms with Crippen LogP contribution >= 0.6 is 0 Å². The highest BCUT2D eigenvalue weighted by Crippen LogP contribution is 2.35. The van der Waals surface area contributed by atoms with Crippen LogP contribution in [0.1, 0.15) is 42.0 Å². The Labute approximate surface area is 183 Å². The summed E-state index contributed by atoms with van der Waals surface area (Å²) in [5, 5.41) is -1.32. The molecule has 0 saturated heterocycles. The highest BCUT2D eigenvalue weighted by atomic mass is 14.7. The topological polar surface area (TPSA) is 12.9 Å². The third-order valence-electron chi connectivity index (χ3n) is 5.17. The van der Waals surface area contributed by atoms with Gasteiger partial charge in [0.15, 0.2) is 0 Å². The van der Waals surface area contributed by atoms with Gasteiger partial charge in [0.25, 0.3) is 0 Å². The van der Waals surface area contributed by atoms with Gasteiger partial charge in [-0.25, -0.2) is 0 Å². The lowest BCUT2D eigenvalue weighted by Crippen LogP contribution is -2.32. The summed E-state index contributed by atoms with van der Waals surface area (Å²) in [5.41, 5.74) is 4.60. The van der Waals surface area contributed by atoms with E-state index in [0.29, 0.717) is 33.9 Å². The SMILES string of the molecule is [B]c1cc2cc(C(C)C)ccc2c(-c2cc(C([B])([B])[B])cc(C([B])([B])[B])c2C)n1. The molecule has 0 N–H and O–H groups in total. The first kappa shape index (κ1) is 22.0. The van der Waals surface area contributed by atoms with Gasteiger partial charge in [0.2, 0.25) is 0 Å². The van der Waals surface area contributed by atoms with E-state index in [0.717, 1.165) is 16.3 Å². The van der Waals surface area contributed by atoms with Crippen LogP contribution in [0.25, 0.3) is 22.0 Å². The quantitative estimate of drug-likeness (QED) is 0.642. The van der Waals surface area contributed by atoms with Crippen LogP contribution in [0.5, 0.6) is 0 Å². The van der Waals surface area contributed by atoms with Gasteiger partial charge >= 0.3 is 0 Å². The Bertz CT molecular complexity index is 1080. The number of pyridine rings is 1. The van der Waals surface area contributed by atoms with Gasteiger partial charge in [-0.05, 0) is 41.0 Å². The Morgan fingerprint density at radius 2 is 1.52 bits per heavy atom. The van der Waals surface area contributed by atoms with E-state index in [1.807, 2.05) is 19.1 Å². The van der Waals surface area contributed by atoms with Gasteiger partial charge < -0.3 is 0 Å². The first-order valence-electron chi connectivity index (χ1n) is 9.38. The van der Waals surface area contributed by atoms with E-state index >= 15 is 0 Å². The maximum atomic E-state index is 6.13. The molecular formula is C21H16B7N. The van der Waals surface area contributed by atoms with Crippen molar-refractivity contribution < 1.29 is 0 Å². The number of fused-ring (bicyclic) bond motifs is 1. The van der Waals surface area contributed by atoms with Crippen LogP contribution in [0.4, 0.5) is 0 Å². The Hall–Kier alpha value is -1.70. The van der Waals surface area contributed by atoms with Crippen molar-refractivity contribution in [1.29, 1.82) is 0 Å². The summed E-state index contributed by atoms with van der Waals surface area (Å²) < 4.78 is 0. The van der Waals surface area contributed by atoms with Crippen molar-refractivity contribution in [2.45, 2.75) is 36.9 Å². The number of hydrogen-bond donors (Lipinski definition) is 0. The molecule has 0 fully saturated rings. The second-order valence-electron chi connectivity index (χ2n) is 8.09. The average Bonchev–Trinajstić information content (AvgIpc) is 2.58. The fourth-order valence-electron chi connectivity index (χ4n) is 3.52. The van der Waals surface area contributed by atoms with E-state index in [1.165, 1.54) is 5.56 Å². The van der Waals surface area contributed by atoms with Crippen molar-refractivity contribution in [3.63, 3.8) is 0 Å². The number of benzene rings is 2. The number of aromatic nitrogens is 1. The minimum absolute atomic E-state index is 0.383. The van der Waals surface area contributed by atoms with E-state index < -0.39 is 10.2 Å². The Balaban J connectivity index is 2.40. The average molecular weight is 358 g/mol. The Morgan fingerprint density at radius 3 is 2.07 bits per heavy atom. The Morgan fingerprint density at radius 1 is 0.862 bits per heavy atom. The molecule has 0 spiro atoms. The summed E-state index contributed by atoms with van der Waals surface area (Å²) in [4.78, 5) is 4.59. The minimum atomic E-state index is -1.61. The zero-order chi connectivity index (χ0) is 21.7. The van der Waals surface area contributed by atoms with Crippen LogP contribution in [0.3, 0.4) is 0 Å².